The lowest BCUT2D eigenvalue weighted by Crippen LogP contribution is -2.45. The first-order valence-corrected chi connectivity index (χ1v) is 7.97. The van der Waals surface area contributed by atoms with E-state index in [0.29, 0.717) is 11.4 Å². The highest BCUT2D eigenvalue weighted by Gasteiger charge is 2.41. The number of aliphatic carboxylic acids is 1. The molecule has 2 atom stereocenters. The fourth-order valence-electron chi connectivity index (χ4n) is 2.98. The van der Waals surface area contributed by atoms with Crippen molar-refractivity contribution in [3.63, 3.8) is 0 Å². The summed E-state index contributed by atoms with van der Waals surface area (Å²) in [6, 6.07) is 6.19. The molecule has 7 heteroatoms. The zero-order valence-corrected chi connectivity index (χ0v) is 13.4. The van der Waals surface area contributed by atoms with Crippen molar-refractivity contribution in [3.8, 4) is 5.75 Å². The Balaban J connectivity index is 1.64. The van der Waals surface area contributed by atoms with Gasteiger partial charge in [0.25, 0.3) is 0 Å². The highest BCUT2D eigenvalue weighted by molar-refractivity contribution is 6.00. The van der Waals surface area contributed by atoms with Crippen molar-refractivity contribution in [1.82, 2.24) is 5.32 Å². The Hall–Kier alpha value is -2.57. The van der Waals surface area contributed by atoms with Crippen LogP contribution in [0.4, 0.5) is 5.69 Å². The third-order valence-corrected chi connectivity index (χ3v) is 4.54. The van der Waals surface area contributed by atoms with E-state index in [-0.39, 0.29) is 30.7 Å². The highest BCUT2D eigenvalue weighted by atomic mass is 16.5. The Morgan fingerprint density at radius 2 is 1.96 bits per heavy atom. The number of carbonyl (C=O) groups excluding carboxylic acids is 2. The number of nitrogens with one attached hydrogen (secondary N) is 1. The van der Waals surface area contributed by atoms with Crippen LogP contribution in [-0.4, -0.2) is 42.6 Å². The molecule has 2 aliphatic rings. The Morgan fingerprint density at radius 1 is 1.29 bits per heavy atom. The summed E-state index contributed by atoms with van der Waals surface area (Å²) in [6.07, 6.45) is 1.73. The largest absolute Gasteiger partial charge is 0.497 e. The van der Waals surface area contributed by atoms with Gasteiger partial charge in [-0.05, 0) is 43.0 Å². The summed E-state index contributed by atoms with van der Waals surface area (Å²) in [4.78, 5) is 37.3. The van der Waals surface area contributed by atoms with Gasteiger partial charge in [0.1, 0.15) is 11.8 Å². The maximum atomic E-state index is 12.3. The minimum Gasteiger partial charge on any atom is -0.497 e. The number of hydrogen-bond donors (Lipinski definition) is 2. The molecule has 1 saturated heterocycles. The number of benzene rings is 1. The third-order valence-electron chi connectivity index (χ3n) is 4.54. The van der Waals surface area contributed by atoms with Gasteiger partial charge in [-0.15, -0.1) is 0 Å². The molecule has 24 heavy (non-hydrogen) atoms. The number of carbonyl (C=O) groups is 3. The van der Waals surface area contributed by atoms with Crippen molar-refractivity contribution in [3.05, 3.63) is 24.3 Å². The van der Waals surface area contributed by atoms with Crippen LogP contribution < -0.4 is 15.0 Å². The zero-order chi connectivity index (χ0) is 17.3. The fraction of sp³-hybridized carbons (Fsp3) is 0.471. The molecule has 0 radical (unpaired) electrons. The molecule has 1 heterocycles. The molecule has 128 valence electrons. The summed E-state index contributed by atoms with van der Waals surface area (Å²) in [5.41, 5.74) is 0.702. The Labute approximate surface area is 139 Å². The van der Waals surface area contributed by atoms with E-state index in [9.17, 15) is 19.5 Å². The number of anilines is 1. The molecular weight excluding hydrogens is 312 g/mol. The Morgan fingerprint density at radius 3 is 2.50 bits per heavy atom. The maximum absolute atomic E-state index is 12.3. The summed E-state index contributed by atoms with van der Waals surface area (Å²) in [5.74, 6) is -1.34. The van der Waals surface area contributed by atoms with Crippen LogP contribution in [0.15, 0.2) is 24.3 Å². The lowest BCUT2D eigenvalue weighted by atomic mass is 10.1. The molecule has 1 saturated carbocycles. The van der Waals surface area contributed by atoms with Gasteiger partial charge in [-0.2, -0.15) is 0 Å². The molecule has 2 amide bonds. The maximum Gasteiger partial charge on any atom is 0.326 e. The van der Waals surface area contributed by atoms with Crippen LogP contribution in [0.5, 0.6) is 5.75 Å². The molecule has 1 aromatic carbocycles. The minimum absolute atomic E-state index is 0.0150. The number of amides is 2. The molecule has 7 nitrogen and oxygen atoms in total. The highest BCUT2D eigenvalue weighted by Crippen LogP contribution is 2.33. The SMILES string of the molecule is COc1ccc(N2CC(C(=O)NC(C(=O)O)C3CC3)CC2=O)cc1. The van der Waals surface area contributed by atoms with E-state index in [0.717, 1.165) is 12.8 Å². The molecule has 0 bridgehead atoms. The van der Waals surface area contributed by atoms with Crippen molar-refractivity contribution in [2.75, 3.05) is 18.6 Å². The second kappa shape index (κ2) is 6.51. The van der Waals surface area contributed by atoms with Crippen LogP contribution in [0.2, 0.25) is 0 Å². The van der Waals surface area contributed by atoms with E-state index in [1.165, 1.54) is 0 Å². The van der Waals surface area contributed by atoms with Crippen molar-refractivity contribution >= 4 is 23.5 Å². The van der Waals surface area contributed by atoms with Gasteiger partial charge >= 0.3 is 5.97 Å². The quantitative estimate of drug-likeness (QED) is 0.811. The van der Waals surface area contributed by atoms with Gasteiger partial charge in [-0.1, -0.05) is 0 Å². The summed E-state index contributed by atoms with van der Waals surface area (Å²) >= 11 is 0. The lowest BCUT2D eigenvalue weighted by molar-refractivity contribution is -0.143. The smallest absolute Gasteiger partial charge is 0.326 e. The summed E-state index contributed by atoms with van der Waals surface area (Å²) in [7, 11) is 1.56. The van der Waals surface area contributed by atoms with E-state index in [1.807, 2.05) is 0 Å². The molecule has 1 aliphatic heterocycles. The predicted molar refractivity (Wildman–Crippen MR) is 85.7 cm³/mol. The second-order valence-electron chi connectivity index (χ2n) is 6.27. The number of rotatable bonds is 6. The molecule has 0 aromatic heterocycles. The number of methoxy groups -OCH3 is 1. The first-order valence-electron chi connectivity index (χ1n) is 7.97. The van der Waals surface area contributed by atoms with Crippen LogP contribution in [0.3, 0.4) is 0 Å². The number of carboxylic acids is 1. The zero-order valence-electron chi connectivity index (χ0n) is 13.4. The van der Waals surface area contributed by atoms with Gasteiger partial charge in [-0.25, -0.2) is 4.79 Å². The summed E-state index contributed by atoms with van der Waals surface area (Å²) in [6.45, 7) is 0.258. The molecule has 2 N–H and O–H groups in total. The fourth-order valence-corrected chi connectivity index (χ4v) is 2.98. The standard InChI is InChI=1S/C17H20N2O5/c1-24-13-6-4-12(5-7-13)19-9-11(8-14(19)20)16(21)18-15(17(22)23)10-2-3-10/h4-7,10-11,15H,2-3,8-9H2,1H3,(H,18,21)(H,22,23). The van der Waals surface area contributed by atoms with Crippen molar-refractivity contribution in [2.45, 2.75) is 25.3 Å². The van der Waals surface area contributed by atoms with Gasteiger partial charge < -0.3 is 20.1 Å². The van der Waals surface area contributed by atoms with Crippen molar-refractivity contribution < 1.29 is 24.2 Å². The van der Waals surface area contributed by atoms with Gasteiger partial charge in [0.05, 0.1) is 13.0 Å². The van der Waals surface area contributed by atoms with Crippen molar-refractivity contribution in [2.24, 2.45) is 11.8 Å². The second-order valence-corrected chi connectivity index (χ2v) is 6.27. The number of carboxylic acid groups (broad SMARTS) is 1. The van der Waals surface area contributed by atoms with E-state index in [4.69, 9.17) is 4.74 Å². The van der Waals surface area contributed by atoms with E-state index < -0.39 is 17.9 Å². The molecule has 1 aliphatic carbocycles. The van der Waals surface area contributed by atoms with Crippen molar-refractivity contribution in [1.29, 1.82) is 0 Å². The van der Waals surface area contributed by atoms with E-state index in [2.05, 4.69) is 5.32 Å². The number of nitrogens with zero attached hydrogens (tertiary/aromatic N) is 1. The molecule has 0 spiro atoms. The van der Waals surface area contributed by atoms with E-state index >= 15 is 0 Å². The van der Waals surface area contributed by atoms with Crippen LogP contribution in [0, 0.1) is 11.8 Å². The molecule has 2 unspecified atom stereocenters. The van der Waals surface area contributed by atoms with Gasteiger partial charge in [0, 0.05) is 18.7 Å². The Bertz CT molecular complexity index is 653. The first kappa shape index (κ1) is 16.3. The topological polar surface area (TPSA) is 95.9 Å². The van der Waals surface area contributed by atoms with Crippen LogP contribution in [0.25, 0.3) is 0 Å². The lowest BCUT2D eigenvalue weighted by Gasteiger charge is -2.18. The normalized spacial score (nSPS) is 21.5. The van der Waals surface area contributed by atoms with Gasteiger partial charge in [-0.3, -0.25) is 9.59 Å². The third kappa shape index (κ3) is 3.34. The average Bonchev–Trinajstić information content (AvgIpc) is 3.33. The van der Waals surface area contributed by atoms with Crippen LogP contribution in [-0.2, 0) is 14.4 Å². The number of ether oxygens (including phenoxy) is 1. The van der Waals surface area contributed by atoms with Gasteiger partial charge in [0.15, 0.2) is 0 Å². The first-order chi connectivity index (χ1) is 11.5. The van der Waals surface area contributed by atoms with Crippen LogP contribution in [0.1, 0.15) is 19.3 Å². The van der Waals surface area contributed by atoms with Gasteiger partial charge in [0.2, 0.25) is 11.8 Å². The summed E-state index contributed by atoms with van der Waals surface area (Å²) in [5, 5.41) is 11.8. The predicted octanol–water partition coefficient (Wildman–Crippen LogP) is 1.03. The molecule has 3 rings (SSSR count). The van der Waals surface area contributed by atoms with E-state index in [1.54, 1.807) is 36.3 Å². The molecular formula is C17H20N2O5. The summed E-state index contributed by atoms with van der Waals surface area (Å²) < 4.78 is 5.09. The Kier molecular flexibility index (Phi) is 4.42. The minimum atomic E-state index is -1.01. The monoisotopic (exact) mass is 332 g/mol. The molecule has 2 fully saturated rings. The van der Waals surface area contributed by atoms with Crippen LogP contribution >= 0.6 is 0 Å². The molecule has 1 aromatic rings. The average molecular weight is 332 g/mol. The number of hydrogen-bond acceptors (Lipinski definition) is 4.